The fourth-order valence-corrected chi connectivity index (χ4v) is 2.69. The van der Waals surface area contributed by atoms with E-state index in [0.29, 0.717) is 32.1 Å². The number of benzene rings is 1. The summed E-state index contributed by atoms with van der Waals surface area (Å²) in [6.45, 7) is 1.77. The Morgan fingerprint density at radius 2 is 2.18 bits per heavy atom. The lowest BCUT2D eigenvalue weighted by atomic mass is 10.2. The zero-order chi connectivity index (χ0) is 20.1. The third-order valence-corrected chi connectivity index (χ3v) is 4.11. The molecule has 1 saturated heterocycles. The van der Waals surface area contributed by atoms with Gasteiger partial charge in [-0.05, 0) is 24.3 Å². The van der Waals surface area contributed by atoms with E-state index in [9.17, 15) is 18.0 Å². The van der Waals surface area contributed by atoms with Crippen molar-refractivity contribution in [2.24, 2.45) is 0 Å². The molecule has 2 aromatic rings. The van der Waals surface area contributed by atoms with Crippen molar-refractivity contribution in [2.45, 2.75) is 18.9 Å². The molecule has 1 aliphatic rings. The van der Waals surface area contributed by atoms with E-state index in [-0.39, 0.29) is 30.1 Å². The summed E-state index contributed by atoms with van der Waals surface area (Å²) < 4.78 is 54.4. The second-order valence-corrected chi connectivity index (χ2v) is 6.35. The largest absolute Gasteiger partial charge is 0.487 e. The molecule has 3 rings (SSSR count). The summed E-state index contributed by atoms with van der Waals surface area (Å²) in [4.78, 5) is 13.9. The first-order valence-corrected chi connectivity index (χ1v) is 8.62. The molecule has 0 saturated carbocycles. The summed E-state index contributed by atoms with van der Waals surface area (Å²) in [6, 6.07) is 6.09. The van der Waals surface area contributed by atoms with Gasteiger partial charge in [-0.15, -0.1) is 0 Å². The van der Waals surface area contributed by atoms with Gasteiger partial charge in [0.05, 0.1) is 37.2 Å². The number of likely N-dealkylation sites (N-methyl/N-ethyl adjacent to an activating group) is 1. The van der Waals surface area contributed by atoms with E-state index in [4.69, 9.17) is 14.2 Å². The number of rotatable bonds is 6. The van der Waals surface area contributed by atoms with Crippen LogP contribution in [0.4, 0.5) is 13.2 Å². The normalized spacial score (nSPS) is 17.4. The van der Waals surface area contributed by atoms with Gasteiger partial charge >= 0.3 is 6.18 Å². The van der Waals surface area contributed by atoms with Gasteiger partial charge in [0, 0.05) is 13.6 Å². The molecule has 7 nitrogen and oxygen atoms in total. The summed E-state index contributed by atoms with van der Waals surface area (Å²) in [7, 11) is 1.63. The molecule has 0 bridgehead atoms. The Morgan fingerprint density at radius 1 is 1.36 bits per heavy atom. The number of hydrogen-bond acceptors (Lipinski definition) is 5. The van der Waals surface area contributed by atoms with Crippen LogP contribution in [0.1, 0.15) is 21.7 Å². The highest BCUT2D eigenvalue weighted by atomic mass is 19.4. The van der Waals surface area contributed by atoms with Crippen LogP contribution in [-0.2, 0) is 22.3 Å². The Labute approximate surface area is 159 Å². The Kier molecular flexibility index (Phi) is 6.20. The average Bonchev–Trinajstić information content (AvgIpc) is 3.15. The quantitative estimate of drug-likeness (QED) is 0.808. The number of nitrogens with one attached hydrogen (secondary N) is 1. The van der Waals surface area contributed by atoms with Gasteiger partial charge in [-0.25, -0.2) is 0 Å². The number of ether oxygens (including phenoxy) is 3. The van der Waals surface area contributed by atoms with Gasteiger partial charge in [0.2, 0.25) is 0 Å². The number of amides is 1. The van der Waals surface area contributed by atoms with Crippen LogP contribution in [0.25, 0.3) is 0 Å². The summed E-state index contributed by atoms with van der Waals surface area (Å²) in [6.07, 6.45) is -4.63. The Balaban J connectivity index is 1.55. The van der Waals surface area contributed by atoms with Crippen LogP contribution in [0.2, 0.25) is 0 Å². The monoisotopic (exact) mass is 399 g/mol. The molecule has 1 amide bonds. The fraction of sp³-hybridized carbons (Fsp3) is 0.444. The highest BCUT2D eigenvalue weighted by Crippen LogP contribution is 2.31. The van der Waals surface area contributed by atoms with Crippen molar-refractivity contribution >= 4 is 5.91 Å². The van der Waals surface area contributed by atoms with Gasteiger partial charge in [0.15, 0.2) is 5.69 Å². The maximum atomic E-state index is 12.7. The van der Waals surface area contributed by atoms with E-state index in [0.717, 1.165) is 12.1 Å². The molecular weight excluding hydrogens is 379 g/mol. The average molecular weight is 399 g/mol. The molecule has 1 atom stereocenters. The van der Waals surface area contributed by atoms with Gasteiger partial charge < -0.3 is 19.1 Å². The van der Waals surface area contributed by atoms with Gasteiger partial charge in [0.1, 0.15) is 12.4 Å². The first-order chi connectivity index (χ1) is 13.3. The van der Waals surface area contributed by atoms with Crippen molar-refractivity contribution in [1.82, 2.24) is 15.1 Å². The molecule has 1 fully saturated rings. The molecule has 1 aromatic carbocycles. The molecule has 10 heteroatoms. The molecule has 1 unspecified atom stereocenters. The number of H-pyrrole nitrogens is 1. The summed E-state index contributed by atoms with van der Waals surface area (Å²) >= 11 is 0. The van der Waals surface area contributed by atoms with E-state index in [1.807, 2.05) is 0 Å². The number of carbonyl (C=O) groups is 1. The standard InChI is InChI=1S/C18H20F3N3O4/c1-24(9-15-11-26-5-6-27-15)17(25)16-8-13(22-23-16)10-28-14-4-2-3-12(7-14)18(19,20)21/h2-4,7-8,15H,5-6,9-11H2,1H3,(H,22,23). The lowest BCUT2D eigenvalue weighted by Gasteiger charge is -2.27. The van der Waals surface area contributed by atoms with E-state index >= 15 is 0 Å². The third kappa shape index (κ3) is 5.23. The van der Waals surface area contributed by atoms with Gasteiger partial charge in [-0.1, -0.05) is 6.07 Å². The predicted molar refractivity (Wildman–Crippen MR) is 91.9 cm³/mol. The molecule has 1 aromatic heterocycles. The van der Waals surface area contributed by atoms with E-state index in [1.165, 1.54) is 23.1 Å². The zero-order valence-electron chi connectivity index (χ0n) is 15.2. The number of carbonyl (C=O) groups excluding carboxylic acids is 1. The van der Waals surface area contributed by atoms with Gasteiger partial charge in [0.25, 0.3) is 5.91 Å². The highest BCUT2D eigenvalue weighted by molar-refractivity contribution is 5.92. The van der Waals surface area contributed by atoms with Crippen molar-refractivity contribution in [3.63, 3.8) is 0 Å². The minimum absolute atomic E-state index is 0.0507. The fourth-order valence-electron chi connectivity index (χ4n) is 2.69. The van der Waals surface area contributed by atoms with E-state index < -0.39 is 11.7 Å². The Morgan fingerprint density at radius 3 is 2.89 bits per heavy atom. The second kappa shape index (κ2) is 8.61. The molecule has 1 N–H and O–H groups in total. The zero-order valence-corrected chi connectivity index (χ0v) is 15.2. The molecule has 2 heterocycles. The van der Waals surface area contributed by atoms with Crippen molar-refractivity contribution in [3.8, 4) is 5.75 Å². The van der Waals surface area contributed by atoms with Crippen LogP contribution in [-0.4, -0.2) is 60.5 Å². The molecular formula is C18H20F3N3O4. The van der Waals surface area contributed by atoms with Crippen LogP contribution >= 0.6 is 0 Å². The molecule has 1 aliphatic heterocycles. The van der Waals surface area contributed by atoms with Crippen LogP contribution in [0, 0.1) is 0 Å². The van der Waals surface area contributed by atoms with E-state index in [2.05, 4.69) is 10.2 Å². The topological polar surface area (TPSA) is 76.7 Å². The molecule has 28 heavy (non-hydrogen) atoms. The molecule has 152 valence electrons. The Hall–Kier alpha value is -2.59. The minimum atomic E-state index is -4.44. The molecule has 0 radical (unpaired) electrons. The summed E-state index contributed by atoms with van der Waals surface area (Å²) in [5, 5.41) is 6.61. The maximum Gasteiger partial charge on any atom is 0.416 e. The number of aromatic nitrogens is 2. The molecule has 0 aliphatic carbocycles. The number of alkyl halides is 3. The van der Waals surface area contributed by atoms with Crippen LogP contribution in [0.15, 0.2) is 30.3 Å². The first-order valence-electron chi connectivity index (χ1n) is 8.62. The Bertz CT molecular complexity index is 803. The van der Waals surface area contributed by atoms with Crippen LogP contribution in [0.5, 0.6) is 5.75 Å². The number of hydrogen-bond donors (Lipinski definition) is 1. The number of halogens is 3. The smallest absolute Gasteiger partial charge is 0.416 e. The van der Waals surface area contributed by atoms with E-state index in [1.54, 1.807) is 7.05 Å². The highest BCUT2D eigenvalue weighted by Gasteiger charge is 2.30. The number of nitrogens with zero attached hydrogens (tertiary/aromatic N) is 2. The lowest BCUT2D eigenvalue weighted by molar-refractivity contribution is -0.137. The maximum absolute atomic E-state index is 12.7. The SMILES string of the molecule is CN(CC1COCCO1)C(=O)c1cc(COc2cccc(C(F)(F)F)c2)[nH]n1. The summed E-state index contributed by atoms with van der Waals surface area (Å²) in [5.74, 6) is -0.236. The van der Waals surface area contributed by atoms with Crippen molar-refractivity contribution in [3.05, 3.63) is 47.3 Å². The van der Waals surface area contributed by atoms with Crippen molar-refractivity contribution < 1.29 is 32.2 Å². The van der Waals surface area contributed by atoms with Crippen molar-refractivity contribution in [2.75, 3.05) is 33.4 Å². The summed E-state index contributed by atoms with van der Waals surface area (Å²) in [5.41, 5.74) is -0.144. The minimum Gasteiger partial charge on any atom is -0.487 e. The van der Waals surface area contributed by atoms with Crippen LogP contribution in [0.3, 0.4) is 0 Å². The lowest BCUT2D eigenvalue weighted by Crippen LogP contribution is -2.40. The van der Waals surface area contributed by atoms with Crippen LogP contribution < -0.4 is 4.74 Å². The van der Waals surface area contributed by atoms with Crippen molar-refractivity contribution in [1.29, 1.82) is 0 Å². The predicted octanol–water partition coefficient (Wildman–Crippen LogP) is 2.49. The second-order valence-electron chi connectivity index (χ2n) is 6.35. The molecule has 0 spiro atoms. The third-order valence-electron chi connectivity index (χ3n) is 4.11. The van der Waals surface area contributed by atoms with Gasteiger partial charge in [-0.3, -0.25) is 9.89 Å². The van der Waals surface area contributed by atoms with Gasteiger partial charge in [-0.2, -0.15) is 18.3 Å². The number of aromatic amines is 1. The first kappa shape index (κ1) is 20.2.